The van der Waals surface area contributed by atoms with Crippen LogP contribution < -0.4 is 0 Å². The zero-order chi connectivity index (χ0) is 69.7. The van der Waals surface area contributed by atoms with Crippen molar-refractivity contribution in [1.29, 1.82) is 0 Å². The lowest BCUT2D eigenvalue weighted by molar-refractivity contribution is -0.173. The molecule has 498 valence electrons. The Morgan fingerprint density at radius 2 is 0.541 bits per heavy atom. The van der Waals surface area contributed by atoms with E-state index in [1.807, 2.05) is 185 Å². The van der Waals surface area contributed by atoms with E-state index in [0.29, 0.717) is 61.6 Å². The Morgan fingerprint density at radius 3 is 0.806 bits per heavy atom. The molecule has 3 aliphatic rings. The summed E-state index contributed by atoms with van der Waals surface area (Å²) < 4.78 is 6.53. The van der Waals surface area contributed by atoms with Crippen LogP contribution in [0.5, 0.6) is 0 Å². The molecule has 0 bridgehead atoms. The number of carbonyl (C=O) groups excluding carboxylic acids is 9. The lowest BCUT2D eigenvalue weighted by atomic mass is 9.79. The van der Waals surface area contributed by atoms with Gasteiger partial charge in [-0.05, 0) is 121 Å². The number of hydrogen-bond donors (Lipinski definition) is 3. The number of nitrogens with zero attached hydrogens (tertiary/aromatic N) is 3. The predicted octanol–water partition coefficient (Wildman–Crippen LogP) is 11.2. The maximum Gasteiger partial charge on any atom is 0.363 e. The van der Waals surface area contributed by atoms with Crippen molar-refractivity contribution in [2.75, 3.05) is 13.2 Å². The normalized spacial score (nSPS) is 14.9. The molecule has 9 aromatic rings. The highest BCUT2D eigenvalue weighted by Crippen LogP contribution is 2.42. The van der Waals surface area contributed by atoms with Gasteiger partial charge in [0.25, 0.3) is 35.4 Å². The van der Waals surface area contributed by atoms with Gasteiger partial charge in [-0.3, -0.25) is 28.8 Å². The summed E-state index contributed by atoms with van der Waals surface area (Å²) >= 11 is 0. The standard InChI is InChI=1S/C28H27NO6.C26H23NO5.C25H21NO5/c1-20-8-12-23(13-9-20)28(34-19-5-18-30,22-6-3-2-4-7-22)24-14-10-21(11-15-24)27(33)35-29-25(31)16-17-26(29)32;1-17-3-9-20(10-4-17)26(31,21-11-5-18(2)6-12-21)22-13-7-19(8-14-22)25(30)32-27-23(28)15-16-24(27)29;1-17-7-11-20(12-8-17)25(30,19-5-3-2-4-6-19)21-13-9-18(10-14-21)24(29)31-26-22(27)15-16-23(26)28/h2-4,6-15,30H,5,16-19H2,1H3;3-14,31H,15-16H2,1-2H3;2-14,30H,15-16H2,1H3. The number of carbonyl (C=O) groups is 9. The lowest BCUT2D eigenvalue weighted by Crippen LogP contribution is -2.34. The minimum atomic E-state index is -1.44. The number of hydrogen-bond acceptors (Lipinski definition) is 16. The van der Waals surface area contributed by atoms with E-state index in [1.165, 1.54) is 24.3 Å². The monoisotopic (exact) mass is 1320 g/mol. The van der Waals surface area contributed by atoms with Gasteiger partial charge in [-0.2, -0.15) is 0 Å². The van der Waals surface area contributed by atoms with Crippen LogP contribution in [0, 0.1) is 27.7 Å². The van der Waals surface area contributed by atoms with Crippen LogP contribution in [0.1, 0.15) is 148 Å². The first-order chi connectivity index (χ1) is 47.1. The minimum Gasteiger partial charge on any atom is -0.396 e. The summed E-state index contributed by atoms with van der Waals surface area (Å²) in [7, 11) is 0. The largest absolute Gasteiger partial charge is 0.396 e. The Hall–Kier alpha value is -11.4. The topological polar surface area (TPSA) is 261 Å². The van der Waals surface area contributed by atoms with Crippen LogP contribution in [0.2, 0.25) is 0 Å². The number of aliphatic hydroxyl groups is 3. The Labute approximate surface area is 565 Å². The summed E-state index contributed by atoms with van der Waals surface area (Å²) in [6.07, 6.45) is 0.662. The van der Waals surface area contributed by atoms with E-state index in [2.05, 4.69) is 0 Å². The Balaban J connectivity index is 0.000000160. The fraction of sp³-hybridized carbons (Fsp3) is 0.203. The van der Waals surface area contributed by atoms with Gasteiger partial charge in [-0.1, -0.05) is 216 Å². The van der Waals surface area contributed by atoms with Crippen molar-refractivity contribution >= 4 is 53.4 Å². The van der Waals surface area contributed by atoms with Crippen LogP contribution in [0.4, 0.5) is 0 Å². The fourth-order valence-electron chi connectivity index (χ4n) is 11.5. The molecule has 6 amide bonds. The molecule has 98 heavy (non-hydrogen) atoms. The third-order valence-electron chi connectivity index (χ3n) is 17.0. The molecule has 3 N–H and O–H groups in total. The molecule has 3 fully saturated rings. The maximum absolute atomic E-state index is 12.6. The Morgan fingerprint density at radius 1 is 0.327 bits per heavy atom. The van der Waals surface area contributed by atoms with Crippen molar-refractivity contribution in [2.45, 2.75) is 89.4 Å². The average Bonchev–Trinajstić information content (AvgIpc) is 0.972. The summed E-state index contributed by atoms with van der Waals surface area (Å²) in [6, 6.07) is 69.2. The number of aliphatic hydroxyl groups excluding tert-OH is 1. The molecule has 3 saturated heterocycles. The molecular weight excluding hydrogens is 1250 g/mol. The lowest BCUT2D eigenvalue weighted by Gasteiger charge is -2.36. The Kier molecular flexibility index (Phi) is 21.7. The molecule has 3 aliphatic heterocycles. The molecular formula is C79H71N3O16. The second kappa shape index (κ2) is 30.6. The van der Waals surface area contributed by atoms with E-state index < -0.39 is 70.2 Å². The SMILES string of the molecule is Cc1ccc(C(O)(c2ccc(C)cc2)c2ccc(C(=O)ON3C(=O)CCC3=O)cc2)cc1.Cc1ccc(C(O)(c2ccccc2)c2ccc(C(=O)ON3C(=O)CCC3=O)cc2)cc1.Cc1ccc(C(OCCCO)(c2ccccc2)c2ccc(C(=O)ON3C(=O)CCC3=O)cc2)cc1. The van der Waals surface area contributed by atoms with Gasteiger partial charge in [0.05, 0.1) is 23.3 Å². The molecule has 3 heterocycles. The number of ether oxygens (including phenoxy) is 1. The first kappa shape index (κ1) is 69.5. The minimum absolute atomic E-state index is 0.00249. The summed E-state index contributed by atoms with van der Waals surface area (Å²) in [5.74, 6) is -5.61. The summed E-state index contributed by atoms with van der Waals surface area (Å²) in [4.78, 5) is 123. The van der Waals surface area contributed by atoms with Gasteiger partial charge in [0.15, 0.2) is 0 Å². The van der Waals surface area contributed by atoms with Crippen molar-refractivity contribution in [3.05, 3.63) is 320 Å². The zero-order valence-corrected chi connectivity index (χ0v) is 54.3. The van der Waals surface area contributed by atoms with Gasteiger partial charge in [-0.15, -0.1) is 15.2 Å². The van der Waals surface area contributed by atoms with E-state index in [4.69, 9.17) is 19.2 Å². The average molecular weight is 1320 g/mol. The third kappa shape index (κ3) is 15.2. The van der Waals surface area contributed by atoms with Gasteiger partial charge < -0.3 is 34.6 Å². The quantitative estimate of drug-likeness (QED) is 0.0386. The number of benzene rings is 9. The van der Waals surface area contributed by atoms with E-state index in [-0.39, 0.29) is 61.8 Å². The van der Waals surface area contributed by atoms with Gasteiger partial charge in [0.2, 0.25) is 0 Å². The van der Waals surface area contributed by atoms with Crippen LogP contribution in [-0.4, -0.2) is 97.1 Å². The third-order valence-corrected chi connectivity index (χ3v) is 17.0. The highest BCUT2D eigenvalue weighted by molar-refractivity contribution is 6.04. The van der Waals surface area contributed by atoms with Crippen LogP contribution in [-0.2, 0) is 64.8 Å². The molecule has 19 nitrogen and oxygen atoms in total. The van der Waals surface area contributed by atoms with E-state index >= 15 is 0 Å². The number of imide groups is 3. The predicted molar refractivity (Wildman–Crippen MR) is 358 cm³/mol. The zero-order valence-electron chi connectivity index (χ0n) is 54.3. The summed E-state index contributed by atoms with van der Waals surface area (Å²) in [5.41, 5.74) is 7.43. The van der Waals surface area contributed by atoms with E-state index in [0.717, 1.165) is 38.9 Å². The van der Waals surface area contributed by atoms with E-state index in [9.17, 15) is 58.5 Å². The van der Waals surface area contributed by atoms with Gasteiger partial charge in [0, 0.05) is 45.1 Å². The molecule has 2 unspecified atom stereocenters. The van der Waals surface area contributed by atoms with Crippen molar-refractivity contribution < 1.29 is 77.7 Å². The number of hydroxylamine groups is 6. The molecule has 0 radical (unpaired) electrons. The van der Waals surface area contributed by atoms with Crippen molar-refractivity contribution in [3.8, 4) is 0 Å². The summed E-state index contributed by atoms with van der Waals surface area (Å²) in [5, 5.41) is 34.7. The molecule has 19 heteroatoms. The van der Waals surface area contributed by atoms with Crippen LogP contribution in [0.15, 0.2) is 231 Å². The van der Waals surface area contributed by atoms with Crippen LogP contribution in [0.25, 0.3) is 0 Å². The summed E-state index contributed by atoms with van der Waals surface area (Å²) in [6.45, 7) is 8.24. The molecule has 12 rings (SSSR count). The van der Waals surface area contributed by atoms with Crippen LogP contribution >= 0.6 is 0 Å². The molecule has 9 aromatic carbocycles. The van der Waals surface area contributed by atoms with Gasteiger partial charge in [0.1, 0.15) is 16.8 Å². The van der Waals surface area contributed by atoms with Gasteiger partial charge >= 0.3 is 17.9 Å². The smallest absolute Gasteiger partial charge is 0.363 e. The first-order valence-electron chi connectivity index (χ1n) is 31.8. The first-order valence-corrected chi connectivity index (χ1v) is 31.8. The van der Waals surface area contributed by atoms with Gasteiger partial charge in [-0.25, -0.2) is 14.4 Å². The van der Waals surface area contributed by atoms with E-state index in [1.54, 1.807) is 48.5 Å². The fourth-order valence-corrected chi connectivity index (χ4v) is 11.5. The van der Waals surface area contributed by atoms with Crippen molar-refractivity contribution in [3.63, 3.8) is 0 Å². The number of aryl methyl sites for hydroxylation is 4. The molecule has 0 aromatic heterocycles. The number of rotatable bonds is 19. The second-order valence-corrected chi connectivity index (χ2v) is 23.8. The molecule has 2 atom stereocenters. The Bertz CT molecular complexity index is 4280. The maximum atomic E-state index is 12.6. The molecule has 0 saturated carbocycles. The van der Waals surface area contributed by atoms with Crippen molar-refractivity contribution in [1.82, 2.24) is 15.2 Å². The highest BCUT2D eigenvalue weighted by Gasteiger charge is 2.41. The van der Waals surface area contributed by atoms with Crippen LogP contribution in [0.3, 0.4) is 0 Å². The molecule has 0 spiro atoms. The number of amides is 6. The highest BCUT2D eigenvalue weighted by atomic mass is 16.7. The molecule has 0 aliphatic carbocycles. The van der Waals surface area contributed by atoms with Crippen molar-refractivity contribution in [2.24, 2.45) is 0 Å². The second-order valence-electron chi connectivity index (χ2n) is 23.8.